The maximum Gasteiger partial charge on any atom is 0.186 e. The van der Waals surface area contributed by atoms with Crippen LogP contribution in [0.3, 0.4) is 0 Å². The third kappa shape index (κ3) is 4.43. The smallest absolute Gasteiger partial charge is 0.186 e. The summed E-state index contributed by atoms with van der Waals surface area (Å²) in [6.45, 7) is 13.5. The Morgan fingerprint density at radius 3 is 2.76 bits per heavy atom. The Morgan fingerprint density at radius 1 is 1.38 bits per heavy atom. The number of rotatable bonds is 6. The van der Waals surface area contributed by atoms with Gasteiger partial charge < -0.3 is 10.2 Å². The molecule has 1 fully saturated rings. The number of thiazole rings is 1. The normalized spacial score (nSPS) is 23.0. The Hall–Kier alpha value is -0.610. The molecule has 0 amide bonds. The molecule has 0 spiro atoms. The molecule has 2 heterocycles. The monoisotopic (exact) mass is 309 g/mol. The second-order valence-corrected chi connectivity index (χ2v) is 7.89. The number of piperidine rings is 1. The third-order valence-corrected chi connectivity index (χ3v) is 5.44. The molecule has 2 atom stereocenters. The topological polar surface area (TPSA) is 28.2 Å². The first-order valence-corrected chi connectivity index (χ1v) is 9.31. The van der Waals surface area contributed by atoms with E-state index >= 15 is 0 Å². The summed E-state index contributed by atoms with van der Waals surface area (Å²) in [7, 11) is 0. The summed E-state index contributed by atoms with van der Waals surface area (Å²) >= 11 is 1.91. The molecular formula is C17H31N3S. The van der Waals surface area contributed by atoms with Gasteiger partial charge in [0.15, 0.2) is 5.13 Å². The van der Waals surface area contributed by atoms with E-state index in [0.29, 0.717) is 12.1 Å². The van der Waals surface area contributed by atoms with Crippen LogP contribution < -0.4 is 10.2 Å². The Labute approximate surface area is 134 Å². The first-order valence-electron chi connectivity index (χ1n) is 8.49. The van der Waals surface area contributed by atoms with E-state index in [-0.39, 0.29) is 0 Å². The van der Waals surface area contributed by atoms with Gasteiger partial charge in [0.25, 0.3) is 0 Å². The van der Waals surface area contributed by atoms with Gasteiger partial charge in [-0.05, 0) is 32.1 Å². The summed E-state index contributed by atoms with van der Waals surface area (Å²) in [5, 5.41) is 4.80. The van der Waals surface area contributed by atoms with Crippen LogP contribution in [0.5, 0.6) is 0 Å². The van der Waals surface area contributed by atoms with E-state index in [1.165, 1.54) is 41.5 Å². The third-order valence-electron chi connectivity index (χ3n) is 4.31. The van der Waals surface area contributed by atoms with Crippen LogP contribution in [0.15, 0.2) is 0 Å². The molecule has 1 aliphatic rings. The van der Waals surface area contributed by atoms with Crippen LogP contribution in [0.1, 0.15) is 64.5 Å². The fourth-order valence-electron chi connectivity index (χ4n) is 3.05. The lowest BCUT2D eigenvalue weighted by atomic mass is 9.94. The van der Waals surface area contributed by atoms with Crippen molar-refractivity contribution in [3.63, 3.8) is 0 Å². The summed E-state index contributed by atoms with van der Waals surface area (Å²) < 4.78 is 0. The molecule has 4 heteroatoms. The second-order valence-electron chi connectivity index (χ2n) is 6.82. The van der Waals surface area contributed by atoms with Crippen molar-refractivity contribution >= 4 is 16.5 Å². The van der Waals surface area contributed by atoms with E-state index in [0.717, 1.165) is 18.9 Å². The molecule has 120 valence electrons. The van der Waals surface area contributed by atoms with Gasteiger partial charge >= 0.3 is 0 Å². The Kier molecular flexibility index (Phi) is 6.06. The molecule has 1 saturated heterocycles. The molecule has 1 aliphatic heterocycles. The Balaban J connectivity index is 2.14. The van der Waals surface area contributed by atoms with Crippen LogP contribution in [0, 0.1) is 5.92 Å². The largest absolute Gasteiger partial charge is 0.345 e. The van der Waals surface area contributed by atoms with Crippen molar-refractivity contribution in [1.29, 1.82) is 0 Å². The van der Waals surface area contributed by atoms with Crippen molar-refractivity contribution in [3.05, 3.63) is 10.6 Å². The minimum Gasteiger partial charge on any atom is -0.345 e. The molecule has 0 aromatic carbocycles. The zero-order valence-corrected chi connectivity index (χ0v) is 15.1. The number of hydrogen-bond acceptors (Lipinski definition) is 4. The molecule has 0 bridgehead atoms. The van der Waals surface area contributed by atoms with Gasteiger partial charge in [-0.25, -0.2) is 4.98 Å². The molecule has 21 heavy (non-hydrogen) atoms. The molecule has 1 aromatic rings. The minimum atomic E-state index is 0.528. The van der Waals surface area contributed by atoms with Crippen LogP contribution in [0.2, 0.25) is 0 Å². The highest BCUT2D eigenvalue weighted by Gasteiger charge is 2.26. The summed E-state index contributed by atoms with van der Waals surface area (Å²) in [6, 6.07) is 1.15. The highest BCUT2D eigenvalue weighted by molar-refractivity contribution is 7.15. The molecule has 2 unspecified atom stereocenters. The summed E-state index contributed by atoms with van der Waals surface area (Å²) in [5.74, 6) is 0.855. The first kappa shape index (κ1) is 16.8. The van der Waals surface area contributed by atoms with E-state index < -0.39 is 0 Å². The van der Waals surface area contributed by atoms with Gasteiger partial charge in [-0.3, -0.25) is 0 Å². The Bertz CT molecular complexity index is 441. The minimum absolute atomic E-state index is 0.528. The van der Waals surface area contributed by atoms with Crippen molar-refractivity contribution in [1.82, 2.24) is 10.3 Å². The lowest BCUT2D eigenvalue weighted by molar-refractivity contribution is 0.377. The predicted octanol–water partition coefficient (Wildman–Crippen LogP) is 4.22. The number of aryl methyl sites for hydroxylation is 1. The van der Waals surface area contributed by atoms with Crippen molar-refractivity contribution in [2.45, 2.75) is 78.9 Å². The van der Waals surface area contributed by atoms with Crippen LogP contribution >= 0.6 is 11.3 Å². The van der Waals surface area contributed by atoms with Crippen molar-refractivity contribution in [2.24, 2.45) is 5.92 Å². The highest BCUT2D eigenvalue weighted by Crippen LogP contribution is 2.33. The average molecular weight is 310 g/mol. The van der Waals surface area contributed by atoms with Crippen LogP contribution in [0.25, 0.3) is 0 Å². The Morgan fingerprint density at radius 2 is 2.14 bits per heavy atom. The van der Waals surface area contributed by atoms with Crippen molar-refractivity contribution in [2.75, 3.05) is 11.4 Å². The zero-order valence-electron chi connectivity index (χ0n) is 14.3. The van der Waals surface area contributed by atoms with Gasteiger partial charge in [0.1, 0.15) is 0 Å². The van der Waals surface area contributed by atoms with E-state index in [1.54, 1.807) is 0 Å². The maximum absolute atomic E-state index is 4.98. The first-order chi connectivity index (χ1) is 10.0. The standard InChI is InChI=1S/C17H31N3S/c1-6-7-15-16(11-18-12(2)3)21-17(19-15)20-9-8-13(4)10-14(20)5/h12-14,18H,6-11H2,1-5H3. The number of aromatic nitrogens is 1. The second kappa shape index (κ2) is 7.59. The SMILES string of the molecule is CCCc1nc(N2CCC(C)CC2C)sc1CNC(C)C. The number of hydrogen-bond donors (Lipinski definition) is 1. The average Bonchev–Trinajstić information content (AvgIpc) is 2.80. The van der Waals surface area contributed by atoms with E-state index in [1.807, 2.05) is 11.3 Å². The van der Waals surface area contributed by atoms with E-state index in [4.69, 9.17) is 4.98 Å². The number of nitrogens with zero attached hydrogens (tertiary/aromatic N) is 2. The number of nitrogens with one attached hydrogen (secondary N) is 1. The van der Waals surface area contributed by atoms with Gasteiger partial charge in [0.05, 0.1) is 5.69 Å². The summed E-state index contributed by atoms with van der Waals surface area (Å²) in [6.07, 6.45) is 4.86. The van der Waals surface area contributed by atoms with Gasteiger partial charge in [-0.2, -0.15) is 0 Å². The van der Waals surface area contributed by atoms with Crippen LogP contribution in [-0.2, 0) is 13.0 Å². The molecule has 0 radical (unpaired) electrons. The molecule has 1 N–H and O–H groups in total. The fraction of sp³-hybridized carbons (Fsp3) is 0.824. The zero-order chi connectivity index (χ0) is 15.4. The van der Waals surface area contributed by atoms with Gasteiger partial charge in [0.2, 0.25) is 0 Å². The van der Waals surface area contributed by atoms with Gasteiger partial charge in [0, 0.05) is 30.1 Å². The molecule has 3 nitrogen and oxygen atoms in total. The van der Waals surface area contributed by atoms with E-state index in [9.17, 15) is 0 Å². The van der Waals surface area contributed by atoms with Crippen molar-refractivity contribution in [3.8, 4) is 0 Å². The lowest BCUT2D eigenvalue weighted by Crippen LogP contribution is -2.40. The number of anilines is 1. The van der Waals surface area contributed by atoms with Crippen LogP contribution in [-0.4, -0.2) is 23.6 Å². The molecule has 0 saturated carbocycles. The van der Waals surface area contributed by atoms with E-state index in [2.05, 4.69) is 44.8 Å². The summed E-state index contributed by atoms with van der Waals surface area (Å²) in [4.78, 5) is 8.95. The maximum atomic E-state index is 4.98. The predicted molar refractivity (Wildman–Crippen MR) is 93.3 cm³/mol. The molecular weight excluding hydrogens is 278 g/mol. The fourth-order valence-corrected chi connectivity index (χ4v) is 4.24. The van der Waals surface area contributed by atoms with Gasteiger partial charge in [-0.1, -0.05) is 34.1 Å². The van der Waals surface area contributed by atoms with Gasteiger partial charge in [-0.15, -0.1) is 11.3 Å². The molecule has 1 aromatic heterocycles. The molecule has 2 rings (SSSR count). The highest BCUT2D eigenvalue weighted by atomic mass is 32.1. The molecule has 0 aliphatic carbocycles. The quantitative estimate of drug-likeness (QED) is 0.853. The van der Waals surface area contributed by atoms with Crippen molar-refractivity contribution < 1.29 is 0 Å². The summed E-state index contributed by atoms with van der Waals surface area (Å²) in [5.41, 5.74) is 1.32. The lowest BCUT2D eigenvalue weighted by Gasteiger charge is -2.36. The van der Waals surface area contributed by atoms with Crippen LogP contribution in [0.4, 0.5) is 5.13 Å².